The van der Waals surface area contributed by atoms with Crippen LogP contribution in [0.1, 0.15) is 55.7 Å². The zero-order chi connectivity index (χ0) is 56.8. The molecule has 0 saturated carbocycles. The van der Waals surface area contributed by atoms with Gasteiger partial charge in [0.25, 0.3) is 0 Å². The first-order valence-corrected chi connectivity index (χ1v) is 23.3. The third-order valence-electron chi connectivity index (χ3n) is 11.3. The lowest BCUT2D eigenvalue weighted by molar-refractivity contribution is -0.145. The monoisotopic (exact) mass is 1070 g/mol. The molecule has 10 amide bonds. The number of carboxylic acids is 1. The number of carbonyl (C=O) groups excluding carboxylic acids is 10. The maximum atomic E-state index is 14.2. The average molecular weight is 1070 g/mol. The molecule has 0 aliphatic heterocycles. The molecule has 28 heteroatoms. The van der Waals surface area contributed by atoms with E-state index in [0.29, 0.717) is 16.7 Å². The zero-order valence-electron chi connectivity index (χ0n) is 41.0. The van der Waals surface area contributed by atoms with E-state index >= 15 is 0 Å². The van der Waals surface area contributed by atoms with Crippen LogP contribution in [0.15, 0.2) is 72.8 Å². The summed E-state index contributed by atoms with van der Waals surface area (Å²) in [5.41, 5.74) is 22.7. The number of aliphatic hydroxyl groups is 2. The highest BCUT2D eigenvalue weighted by atomic mass is 16.4. The summed E-state index contributed by atoms with van der Waals surface area (Å²) in [6, 6.07) is 2.21. The number of rotatable bonds is 31. The van der Waals surface area contributed by atoms with Gasteiger partial charge in [-0.15, -0.1) is 0 Å². The standard InChI is InChI=1S/C48H63N11O17/c1-23(61)40(48(75)76)59-46(73)34(20-26-6-12-29(64)13-7-26)55-43(70)33(19-25-4-10-28(63)11-5-25)56-47(74)36(22-60)58-45(72)35(21-39(52)67)57-44(71)32(18-24-2-8-27(62)9-3-24)54-42(69)31(15-17-38(51)66)53-41(68)30(49)14-16-37(50)65/h2-13,23,30-36,40,60-64H,14-22,49H2,1H3,(H2,50,65)(H2,51,66)(H2,52,67)(H,53,68)(H,54,69)(H,55,70)(H,56,74)(H,57,71)(H,58,72)(H,59,73)(H,75,76)/t23-,30+,31+,32+,33+,34+,35+,36+,40+/m1/s1. The van der Waals surface area contributed by atoms with Crippen molar-refractivity contribution in [2.45, 2.75) is 113 Å². The van der Waals surface area contributed by atoms with Crippen LogP contribution >= 0.6 is 0 Å². The van der Waals surface area contributed by atoms with Crippen molar-refractivity contribution < 1.29 is 83.4 Å². The second-order valence-corrected chi connectivity index (χ2v) is 17.5. The van der Waals surface area contributed by atoms with Crippen molar-refractivity contribution in [3.8, 4) is 17.2 Å². The van der Waals surface area contributed by atoms with Gasteiger partial charge in [0.05, 0.1) is 25.2 Å². The summed E-state index contributed by atoms with van der Waals surface area (Å²) < 4.78 is 0. The van der Waals surface area contributed by atoms with Crippen LogP contribution < -0.4 is 60.2 Å². The van der Waals surface area contributed by atoms with Gasteiger partial charge in [-0.05, 0) is 72.9 Å². The Kier molecular flexibility index (Phi) is 24.0. The summed E-state index contributed by atoms with van der Waals surface area (Å²) in [5, 5.41) is 75.8. The molecule has 0 unspecified atom stereocenters. The lowest BCUT2D eigenvalue weighted by Crippen LogP contribution is -2.61. The van der Waals surface area contributed by atoms with E-state index in [9.17, 15) is 83.4 Å². The smallest absolute Gasteiger partial charge is 0.328 e. The van der Waals surface area contributed by atoms with E-state index in [-0.39, 0.29) is 49.4 Å². The summed E-state index contributed by atoms with van der Waals surface area (Å²) >= 11 is 0. The first-order chi connectivity index (χ1) is 35.8. The molecule has 0 saturated heterocycles. The summed E-state index contributed by atoms with van der Waals surface area (Å²) in [7, 11) is 0. The summed E-state index contributed by atoms with van der Waals surface area (Å²) in [6.07, 6.45) is -5.03. The SMILES string of the molecule is C[C@@H](O)[C@H](NC(=O)[C@H](Cc1ccc(O)cc1)NC(=O)[C@H](Cc1ccc(O)cc1)NC(=O)[C@H](CO)NC(=O)[C@H](CC(N)=O)NC(=O)[C@H](Cc1ccc(O)cc1)NC(=O)[C@H](CCC(N)=O)NC(=O)[C@@H](N)CCC(N)=O)C(=O)O. The van der Waals surface area contributed by atoms with Crippen LogP contribution in [-0.2, 0) is 72.0 Å². The molecule has 0 fully saturated rings. The van der Waals surface area contributed by atoms with Crippen molar-refractivity contribution >= 4 is 65.0 Å². The number of nitrogens with two attached hydrogens (primary N) is 4. The molecule has 3 rings (SSSR count). The quantitative estimate of drug-likeness (QED) is 0.0286. The van der Waals surface area contributed by atoms with Crippen molar-refractivity contribution in [3.05, 3.63) is 89.5 Å². The molecule has 0 heterocycles. The predicted molar refractivity (Wildman–Crippen MR) is 264 cm³/mol. The average Bonchev–Trinajstić information content (AvgIpc) is 3.35. The number of aliphatic hydroxyl groups excluding tert-OH is 2. The Morgan fingerprint density at radius 1 is 0.447 bits per heavy atom. The normalized spacial score (nSPS) is 14.5. The molecule has 0 bridgehead atoms. The van der Waals surface area contributed by atoms with Gasteiger partial charge in [0.15, 0.2) is 6.04 Å². The number of amides is 10. The lowest BCUT2D eigenvalue weighted by atomic mass is 10.0. The highest BCUT2D eigenvalue weighted by molar-refractivity contribution is 5.99. The topological polar surface area (TPSA) is 497 Å². The van der Waals surface area contributed by atoms with Gasteiger partial charge in [-0.25, -0.2) is 4.79 Å². The van der Waals surface area contributed by atoms with E-state index in [2.05, 4.69) is 37.2 Å². The van der Waals surface area contributed by atoms with E-state index in [1.165, 1.54) is 72.8 Å². The van der Waals surface area contributed by atoms with Gasteiger partial charge in [-0.3, -0.25) is 47.9 Å². The summed E-state index contributed by atoms with van der Waals surface area (Å²) in [5.74, 6) is -12.9. The Balaban J connectivity index is 1.94. The van der Waals surface area contributed by atoms with Gasteiger partial charge in [-0.2, -0.15) is 0 Å². The van der Waals surface area contributed by atoms with Crippen molar-refractivity contribution in [1.29, 1.82) is 0 Å². The Morgan fingerprint density at radius 3 is 1.12 bits per heavy atom. The van der Waals surface area contributed by atoms with Gasteiger partial charge < -0.3 is 90.8 Å². The molecule has 3 aromatic carbocycles. The van der Waals surface area contributed by atoms with Gasteiger partial charge >= 0.3 is 5.97 Å². The number of aliphatic carboxylic acids is 1. The number of hydrogen-bond acceptors (Lipinski definition) is 17. The summed E-state index contributed by atoms with van der Waals surface area (Å²) in [4.78, 5) is 144. The van der Waals surface area contributed by atoms with E-state index in [4.69, 9.17) is 22.9 Å². The minimum Gasteiger partial charge on any atom is -0.508 e. The minimum absolute atomic E-state index is 0.145. The van der Waals surface area contributed by atoms with Crippen molar-refractivity contribution in [2.75, 3.05) is 6.61 Å². The Hall–Kier alpha value is -8.89. The minimum atomic E-state index is -1.97. The van der Waals surface area contributed by atoms with E-state index in [1.54, 1.807) is 0 Å². The van der Waals surface area contributed by atoms with E-state index in [0.717, 1.165) is 6.92 Å². The molecule has 0 aliphatic rings. The number of carbonyl (C=O) groups is 11. The van der Waals surface area contributed by atoms with E-state index < -0.39 is 145 Å². The Bertz CT molecular complexity index is 2550. The number of benzene rings is 3. The van der Waals surface area contributed by atoms with Gasteiger partial charge in [0, 0.05) is 32.1 Å². The van der Waals surface area contributed by atoms with Gasteiger partial charge in [-0.1, -0.05) is 36.4 Å². The third-order valence-corrected chi connectivity index (χ3v) is 11.3. The molecule has 412 valence electrons. The number of primary amides is 3. The number of carboxylic acid groups (broad SMARTS) is 1. The third kappa shape index (κ3) is 20.9. The second kappa shape index (κ2) is 29.7. The number of nitrogens with one attached hydrogen (secondary N) is 7. The summed E-state index contributed by atoms with van der Waals surface area (Å²) in [6.45, 7) is -0.0879. The molecule has 21 N–H and O–H groups in total. The maximum Gasteiger partial charge on any atom is 0.328 e. The van der Waals surface area contributed by atoms with Crippen LogP contribution in [0.2, 0.25) is 0 Å². The first kappa shape index (κ1) is 61.4. The number of phenolic OH excluding ortho intramolecular Hbond substituents is 3. The predicted octanol–water partition coefficient (Wildman–Crippen LogP) is -5.58. The largest absolute Gasteiger partial charge is 0.508 e. The van der Waals surface area contributed by atoms with Crippen LogP contribution in [0.5, 0.6) is 17.2 Å². The van der Waals surface area contributed by atoms with Crippen molar-refractivity contribution in [2.24, 2.45) is 22.9 Å². The molecule has 0 aromatic heterocycles. The Labute approximate surface area is 433 Å². The molecular weight excluding hydrogens is 1000 g/mol. The molecule has 0 aliphatic carbocycles. The van der Waals surface area contributed by atoms with Crippen LogP contribution in [0, 0.1) is 0 Å². The van der Waals surface area contributed by atoms with Crippen LogP contribution in [0.4, 0.5) is 0 Å². The highest BCUT2D eigenvalue weighted by Gasteiger charge is 2.36. The van der Waals surface area contributed by atoms with E-state index in [1.807, 2.05) is 0 Å². The highest BCUT2D eigenvalue weighted by Crippen LogP contribution is 2.16. The molecule has 0 radical (unpaired) electrons. The van der Waals surface area contributed by atoms with Crippen LogP contribution in [0.3, 0.4) is 0 Å². The fraction of sp³-hybridized carbons (Fsp3) is 0.396. The zero-order valence-corrected chi connectivity index (χ0v) is 41.0. The Morgan fingerprint density at radius 2 is 0.763 bits per heavy atom. The number of aromatic hydroxyl groups is 3. The molecule has 9 atom stereocenters. The molecule has 3 aromatic rings. The van der Waals surface area contributed by atoms with Crippen LogP contribution in [0.25, 0.3) is 0 Å². The number of phenols is 3. The molecular formula is C48H63N11O17. The maximum absolute atomic E-state index is 14.2. The molecule has 76 heavy (non-hydrogen) atoms. The van der Waals surface area contributed by atoms with Gasteiger partial charge in [0.1, 0.15) is 53.5 Å². The molecule has 28 nitrogen and oxygen atoms in total. The van der Waals surface area contributed by atoms with Crippen LogP contribution in [-0.4, -0.2) is 157 Å². The van der Waals surface area contributed by atoms with Crippen molar-refractivity contribution in [3.63, 3.8) is 0 Å². The lowest BCUT2D eigenvalue weighted by Gasteiger charge is -2.27. The first-order valence-electron chi connectivity index (χ1n) is 23.3. The fourth-order valence-electron chi connectivity index (χ4n) is 7.10. The molecule has 0 spiro atoms. The second-order valence-electron chi connectivity index (χ2n) is 17.5. The number of hydrogen-bond donors (Lipinski definition) is 17. The van der Waals surface area contributed by atoms with Gasteiger partial charge in [0.2, 0.25) is 59.1 Å². The fourth-order valence-corrected chi connectivity index (χ4v) is 7.10. The van der Waals surface area contributed by atoms with Crippen molar-refractivity contribution in [1.82, 2.24) is 37.2 Å².